The molecule has 0 spiro atoms. The first-order chi connectivity index (χ1) is 18.9. The smallest absolute Gasteiger partial charge is 0.264 e. The van der Waals surface area contributed by atoms with Crippen LogP contribution < -0.4 is 14.4 Å². The number of sulfonamides is 1. The summed E-state index contributed by atoms with van der Waals surface area (Å²) in [5.74, 6) is -0.119. The minimum absolute atomic E-state index is 0.0573. The van der Waals surface area contributed by atoms with Gasteiger partial charge in [-0.05, 0) is 62.1 Å². The maximum Gasteiger partial charge on any atom is 0.264 e. The number of methoxy groups -OCH3 is 1. The molecule has 0 radical (unpaired) electrons. The number of aryl methyl sites for hydroxylation is 2. The fraction of sp³-hybridized carbons (Fsp3) is 0.355. The molecule has 1 N–H and O–H groups in total. The predicted octanol–water partition coefficient (Wildman–Crippen LogP) is 4.70. The number of ether oxygens (including phenoxy) is 1. The SMILES string of the molecule is COc1cccc(N(CC(=O)N(Cc2ccccc2C)[C@@H](C)C(=O)NCC(C)C)S(=O)(=O)c2ccc(C)cc2)c1. The van der Waals surface area contributed by atoms with Crippen LogP contribution in [-0.4, -0.2) is 51.4 Å². The average molecular weight is 566 g/mol. The van der Waals surface area contributed by atoms with E-state index in [4.69, 9.17) is 4.74 Å². The first-order valence-corrected chi connectivity index (χ1v) is 14.7. The minimum Gasteiger partial charge on any atom is -0.497 e. The first kappa shape index (κ1) is 30.7. The Morgan fingerprint density at radius 2 is 1.60 bits per heavy atom. The van der Waals surface area contributed by atoms with E-state index in [2.05, 4.69) is 5.32 Å². The van der Waals surface area contributed by atoms with Crippen LogP contribution in [0.4, 0.5) is 5.69 Å². The number of hydrogen-bond donors (Lipinski definition) is 1. The molecule has 0 bridgehead atoms. The van der Waals surface area contributed by atoms with Crippen molar-refractivity contribution in [1.82, 2.24) is 10.2 Å². The molecule has 40 heavy (non-hydrogen) atoms. The Hall–Kier alpha value is -3.85. The molecule has 8 nitrogen and oxygen atoms in total. The van der Waals surface area contributed by atoms with Gasteiger partial charge in [-0.1, -0.05) is 61.9 Å². The van der Waals surface area contributed by atoms with Gasteiger partial charge in [-0.15, -0.1) is 0 Å². The van der Waals surface area contributed by atoms with Crippen molar-refractivity contribution in [3.05, 3.63) is 89.5 Å². The van der Waals surface area contributed by atoms with Crippen molar-refractivity contribution in [3.63, 3.8) is 0 Å². The quantitative estimate of drug-likeness (QED) is 0.344. The highest BCUT2D eigenvalue weighted by atomic mass is 32.2. The molecular formula is C31H39N3O5S. The highest BCUT2D eigenvalue weighted by molar-refractivity contribution is 7.92. The molecule has 3 aromatic carbocycles. The molecule has 0 saturated carbocycles. The van der Waals surface area contributed by atoms with Gasteiger partial charge in [-0.3, -0.25) is 13.9 Å². The number of carbonyl (C=O) groups is 2. The molecule has 0 aliphatic carbocycles. The van der Waals surface area contributed by atoms with Crippen LogP contribution in [0.1, 0.15) is 37.5 Å². The zero-order valence-electron chi connectivity index (χ0n) is 24.0. The number of nitrogens with one attached hydrogen (secondary N) is 1. The molecule has 0 heterocycles. The van der Waals surface area contributed by atoms with Crippen molar-refractivity contribution in [3.8, 4) is 5.75 Å². The number of anilines is 1. The van der Waals surface area contributed by atoms with Gasteiger partial charge in [0.05, 0.1) is 17.7 Å². The highest BCUT2D eigenvalue weighted by Gasteiger charge is 2.33. The molecule has 0 saturated heterocycles. The van der Waals surface area contributed by atoms with Gasteiger partial charge >= 0.3 is 0 Å². The summed E-state index contributed by atoms with van der Waals surface area (Å²) in [7, 11) is -2.65. The Labute approximate surface area is 238 Å². The van der Waals surface area contributed by atoms with Crippen molar-refractivity contribution < 1.29 is 22.7 Å². The Morgan fingerprint density at radius 3 is 2.23 bits per heavy atom. The summed E-state index contributed by atoms with van der Waals surface area (Å²) < 4.78 is 34.3. The van der Waals surface area contributed by atoms with Gasteiger partial charge in [0.1, 0.15) is 18.3 Å². The number of carbonyl (C=O) groups excluding carboxylic acids is 2. The monoisotopic (exact) mass is 565 g/mol. The topological polar surface area (TPSA) is 96.0 Å². The predicted molar refractivity (Wildman–Crippen MR) is 158 cm³/mol. The second-order valence-corrected chi connectivity index (χ2v) is 12.2. The van der Waals surface area contributed by atoms with Crippen molar-refractivity contribution >= 4 is 27.5 Å². The lowest BCUT2D eigenvalue weighted by Crippen LogP contribution is -2.51. The van der Waals surface area contributed by atoms with E-state index in [-0.39, 0.29) is 29.0 Å². The molecular weight excluding hydrogens is 526 g/mol. The molecule has 2 amide bonds. The number of rotatable bonds is 12. The second-order valence-electron chi connectivity index (χ2n) is 10.3. The maximum absolute atomic E-state index is 14.0. The lowest BCUT2D eigenvalue weighted by Gasteiger charge is -2.32. The number of benzene rings is 3. The van der Waals surface area contributed by atoms with Crippen molar-refractivity contribution in [2.24, 2.45) is 5.92 Å². The van der Waals surface area contributed by atoms with Crippen molar-refractivity contribution in [1.29, 1.82) is 0 Å². The molecule has 3 rings (SSSR count). The molecule has 0 aliphatic rings. The summed E-state index contributed by atoms with van der Waals surface area (Å²) in [6.45, 7) is 9.56. The van der Waals surface area contributed by atoms with Gasteiger partial charge in [0, 0.05) is 19.2 Å². The summed E-state index contributed by atoms with van der Waals surface area (Å²) in [5.41, 5.74) is 3.02. The molecule has 0 aromatic heterocycles. The van der Waals surface area contributed by atoms with Crippen LogP contribution in [0.15, 0.2) is 77.7 Å². The largest absolute Gasteiger partial charge is 0.497 e. The molecule has 0 unspecified atom stereocenters. The third-order valence-corrected chi connectivity index (χ3v) is 8.47. The second kappa shape index (κ2) is 13.5. The maximum atomic E-state index is 14.0. The Balaban J connectivity index is 2.04. The van der Waals surface area contributed by atoms with Gasteiger partial charge < -0.3 is 15.0 Å². The summed E-state index contributed by atoms with van der Waals surface area (Å²) in [6.07, 6.45) is 0. The Kier molecular flexibility index (Phi) is 10.3. The summed E-state index contributed by atoms with van der Waals surface area (Å²) in [5, 5.41) is 2.90. The van der Waals surface area contributed by atoms with E-state index in [0.29, 0.717) is 12.3 Å². The molecule has 214 valence electrons. The van der Waals surface area contributed by atoms with E-state index >= 15 is 0 Å². The van der Waals surface area contributed by atoms with Crippen LogP contribution in [0.2, 0.25) is 0 Å². The van der Waals surface area contributed by atoms with Crippen LogP contribution in [0, 0.1) is 19.8 Å². The molecule has 9 heteroatoms. The normalized spacial score (nSPS) is 12.1. The number of nitrogens with zero attached hydrogens (tertiary/aromatic N) is 2. The van der Waals surface area contributed by atoms with Gasteiger partial charge in [0.25, 0.3) is 10.0 Å². The molecule has 1 atom stereocenters. The van der Waals surface area contributed by atoms with Gasteiger partial charge in [-0.25, -0.2) is 8.42 Å². The first-order valence-electron chi connectivity index (χ1n) is 13.3. The zero-order chi connectivity index (χ0) is 29.4. The van der Waals surface area contributed by atoms with Crippen LogP contribution in [-0.2, 0) is 26.2 Å². The number of amides is 2. The fourth-order valence-electron chi connectivity index (χ4n) is 4.14. The lowest BCUT2D eigenvalue weighted by atomic mass is 10.1. The molecule has 0 aliphatic heterocycles. The molecule has 3 aromatic rings. The lowest BCUT2D eigenvalue weighted by molar-refractivity contribution is -0.139. The van der Waals surface area contributed by atoms with Crippen LogP contribution in [0.5, 0.6) is 5.75 Å². The van der Waals surface area contributed by atoms with Gasteiger partial charge in [0.15, 0.2) is 0 Å². The van der Waals surface area contributed by atoms with E-state index < -0.39 is 28.5 Å². The summed E-state index contributed by atoms with van der Waals surface area (Å²) >= 11 is 0. The summed E-state index contributed by atoms with van der Waals surface area (Å²) in [4.78, 5) is 28.6. The minimum atomic E-state index is -4.14. The van der Waals surface area contributed by atoms with E-state index in [1.165, 1.54) is 24.1 Å². The highest BCUT2D eigenvalue weighted by Crippen LogP contribution is 2.28. The van der Waals surface area contributed by atoms with Crippen LogP contribution in [0.25, 0.3) is 0 Å². The van der Waals surface area contributed by atoms with Gasteiger partial charge in [-0.2, -0.15) is 0 Å². The Bertz CT molecular complexity index is 1420. The zero-order valence-corrected chi connectivity index (χ0v) is 24.9. The van der Waals surface area contributed by atoms with Gasteiger partial charge in [0.2, 0.25) is 11.8 Å². The summed E-state index contributed by atoms with van der Waals surface area (Å²) in [6, 6.07) is 19.8. The van der Waals surface area contributed by atoms with Crippen LogP contribution >= 0.6 is 0 Å². The van der Waals surface area contributed by atoms with E-state index in [1.54, 1.807) is 43.3 Å². The van der Waals surface area contributed by atoms with Crippen molar-refractivity contribution in [2.75, 3.05) is 24.5 Å². The van der Waals surface area contributed by atoms with Crippen molar-refractivity contribution in [2.45, 2.75) is 52.1 Å². The van der Waals surface area contributed by atoms with E-state index in [9.17, 15) is 18.0 Å². The fourth-order valence-corrected chi connectivity index (χ4v) is 5.54. The third-order valence-electron chi connectivity index (χ3n) is 6.68. The average Bonchev–Trinajstić information content (AvgIpc) is 2.93. The standard InChI is InChI=1S/C31H39N3O5S/c1-22(2)19-32-31(36)25(5)33(20-26-11-8-7-10-24(26)4)30(35)21-34(27-12-9-13-28(18-27)39-6)40(37,38)29-16-14-23(3)15-17-29/h7-18,22,25H,19-21H2,1-6H3,(H,32,36)/t25-/m0/s1. The Morgan fingerprint density at radius 1 is 0.925 bits per heavy atom. The molecule has 0 fully saturated rings. The number of hydrogen-bond acceptors (Lipinski definition) is 5. The van der Waals surface area contributed by atoms with Crippen LogP contribution in [0.3, 0.4) is 0 Å². The van der Waals surface area contributed by atoms with E-state index in [0.717, 1.165) is 21.0 Å². The van der Waals surface area contributed by atoms with E-state index in [1.807, 2.05) is 52.0 Å². The third kappa shape index (κ3) is 7.63.